The maximum absolute atomic E-state index is 12.2. The van der Waals surface area contributed by atoms with E-state index >= 15 is 0 Å². The number of carbonyl (C=O) groups excluding carboxylic acids is 2. The van der Waals surface area contributed by atoms with Crippen LogP contribution in [0.1, 0.15) is 30.1 Å². The Morgan fingerprint density at radius 2 is 1.79 bits per heavy atom. The molecule has 0 heterocycles. The molecule has 2 rings (SSSR count). The zero-order valence-corrected chi connectivity index (χ0v) is 17.0. The number of ether oxygens (including phenoxy) is 2. The number of rotatable bonds is 12. The van der Waals surface area contributed by atoms with Crippen molar-refractivity contribution in [2.45, 2.75) is 19.8 Å². The van der Waals surface area contributed by atoms with Crippen molar-refractivity contribution in [1.29, 1.82) is 0 Å². The van der Waals surface area contributed by atoms with E-state index in [4.69, 9.17) is 9.47 Å². The zero-order chi connectivity index (χ0) is 20.9. The van der Waals surface area contributed by atoms with Gasteiger partial charge in [-0.25, -0.2) is 0 Å². The van der Waals surface area contributed by atoms with Crippen molar-refractivity contribution in [2.75, 3.05) is 44.0 Å². The second kappa shape index (κ2) is 12.4. The van der Waals surface area contributed by atoms with E-state index < -0.39 is 0 Å². The standard InChI is InChI=1S/C22H29N3O4/c1-3-4-12-29-20-10-6-9-19(15-20)25-21(26)16-24-18-8-5-7-17(14-18)22(27)23-11-13-28-2/h5-10,14-15,24H,3-4,11-13,16H2,1-2H3,(H,23,27)(H,25,26). The minimum absolute atomic E-state index is 0.0790. The largest absolute Gasteiger partial charge is 0.494 e. The third-order valence-electron chi connectivity index (χ3n) is 4.05. The summed E-state index contributed by atoms with van der Waals surface area (Å²) in [6, 6.07) is 14.3. The van der Waals surface area contributed by atoms with Crippen LogP contribution in [0, 0.1) is 0 Å². The Kier molecular flexibility index (Phi) is 9.51. The Morgan fingerprint density at radius 1 is 1.00 bits per heavy atom. The van der Waals surface area contributed by atoms with E-state index in [1.54, 1.807) is 37.4 Å². The molecule has 0 unspecified atom stereocenters. The number of hydrogen-bond donors (Lipinski definition) is 3. The first-order valence-corrected chi connectivity index (χ1v) is 9.76. The highest BCUT2D eigenvalue weighted by molar-refractivity contribution is 5.96. The van der Waals surface area contributed by atoms with Crippen LogP contribution in [-0.2, 0) is 9.53 Å². The van der Waals surface area contributed by atoms with Crippen molar-refractivity contribution in [3.63, 3.8) is 0 Å². The fraction of sp³-hybridized carbons (Fsp3) is 0.364. The van der Waals surface area contributed by atoms with Crippen molar-refractivity contribution in [3.05, 3.63) is 54.1 Å². The molecular formula is C22H29N3O4. The highest BCUT2D eigenvalue weighted by atomic mass is 16.5. The van der Waals surface area contributed by atoms with Crippen molar-refractivity contribution in [1.82, 2.24) is 5.32 Å². The molecule has 0 radical (unpaired) electrons. The lowest BCUT2D eigenvalue weighted by atomic mass is 10.2. The molecule has 2 aromatic carbocycles. The molecule has 0 saturated carbocycles. The number of anilines is 2. The molecular weight excluding hydrogens is 370 g/mol. The van der Waals surface area contributed by atoms with Gasteiger partial charge in [-0.3, -0.25) is 9.59 Å². The number of carbonyl (C=O) groups is 2. The molecule has 2 amide bonds. The monoisotopic (exact) mass is 399 g/mol. The van der Waals surface area contributed by atoms with Gasteiger partial charge in [-0.15, -0.1) is 0 Å². The van der Waals surface area contributed by atoms with Crippen LogP contribution in [0.3, 0.4) is 0 Å². The summed E-state index contributed by atoms with van der Waals surface area (Å²) in [6.45, 7) is 3.74. The molecule has 0 spiro atoms. The van der Waals surface area contributed by atoms with Crippen LogP contribution in [0.4, 0.5) is 11.4 Å². The lowest BCUT2D eigenvalue weighted by Gasteiger charge is -2.11. The number of unbranched alkanes of at least 4 members (excludes halogenated alkanes) is 1. The molecule has 0 bridgehead atoms. The van der Waals surface area contributed by atoms with Gasteiger partial charge in [0.25, 0.3) is 5.91 Å². The van der Waals surface area contributed by atoms with Gasteiger partial charge in [0.15, 0.2) is 0 Å². The van der Waals surface area contributed by atoms with Gasteiger partial charge in [-0.05, 0) is 36.8 Å². The van der Waals surface area contributed by atoms with Crippen LogP contribution in [-0.4, -0.2) is 45.2 Å². The van der Waals surface area contributed by atoms with E-state index in [2.05, 4.69) is 22.9 Å². The average Bonchev–Trinajstić information content (AvgIpc) is 2.73. The summed E-state index contributed by atoms with van der Waals surface area (Å²) in [7, 11) is 1.58. The van der Waals surface area contributed by atoms with Gasteiger partial charge in [0.1, 0.15) is 5.75 Å². The summed E-state index contributed by atoms with van der Waals surface area (Å²) < 4.78 is 10.6. The predicted octanol–water partition coefficient (Wildman–Crippen LogP) is 3.29. The topological polar surface area (TPSA) is 88.7 Å². The molecule has 156 valence electrons. The van der Waals surface area contributed by atoms with Crippen LogP contribution in [0.5, 0.6) is 5.75 Å². The lowest BCUT2D eigenvalue weighted by molar-refractivity contribution is -0.114. The Bertz CT molecular complexity index is 795. The zero-order valence-electron chi connectivity index (χ0n) is 17.0. The molecule has 0 saturated heterocycles. The van der Waals surface area contributed by atoms with E-state index in [0.717, 1.165) is 18.6 Å². The number of amides is 2. The van der Waals surface area contributed by atoms with Gasteiger partial charge < -0.3 is 25.4 Å². The Hall–Kier alpha value is -3.06. The molecule has 7 nitrogen and oxygen atoms in total. The van der Waals surface area contributed by atoms with Gasteiger partial charge in [-0.2, -0.15) is 0 Å². The smallest absolute Gasteiger partial charge is 0.251 e. The molecule has 0 atom stereocenters. The van der Waals surface area contributed by atoms with Crippen molar-refractivity contribution >= 4 is 23.2 Å². The molecule has 0 aliphatic rings. The van der Waals surface area contributed by atoms with Crippen molar-refractivity contribution < 1.29 is 19.1 Å². The van der Waals surface area contributed by atoms with Crippen LogP contribution in [0.25, 0.3) is 0 Å². The third-order valence-corrected chi connectivity index (χ3v) is 4.05. The van der Waals surface area contributed by atoms with E-state index in [-0.39, 0.29) is 18.4 Å². The van der Waals surface area contributed by atoms with Crippen LogP contribution < -0.4 is 20.7 Å². The number of methoxy groups -OCH3 is 1. The predicted molar refractivity (Wildman–Crippen MR) is 115 cm³/mol. The molecule has 7 heteroatoms. The fourth-order valence-electron chi connectivity index (χ4n) is 2.52. The Morgan fingerprint density at radius 3 is 2.59 bits per heavy atom. The second-order valence-corrected chi connectivity index (χ2v) is 6.46. The van der Waals surface area contributed by atoms with Gasteiger partial charge in [0, 0.05) is 36.7 Å². The third kappa shape index (κ3) is 8.23. The Labute approximate surface area is 171 Å². The summed E-state index contributed by atoms with van der Waals surface area (Å²) in [5.41, 5.74) is 1.89. The maximum atomic E-state index is 12.2. The van der Waals surface area contributed by atoms with Crippen LogP contribution in [0.15, 0.2) is 48.5 Å². The highest BCUT2D eigenvalue weighted by Crippen LogP contribution is 2.18. The van der Waals surface area contributed by atoms with Crippen LogP contribution >= 0.6 is 0 Å². The maximum Gasteiger partial charge on any atom is 0.251 e. The van der Waals surface area contributed by atoms with Gasteiger partial charge in [-0.1, -0.05) is 25.5 Å². The number of hydrogen-bond acceptors (Lipinski definition) is 5. The summed E-state index contributed by atoms with van der Waals surface area (Å²) in [6.07, 6.45) is 2.06. The molecule has 0 aliphatic heterocycles. The first-order valence-electron chi connectivity index (χ1n) is 9.76. The molecule has 0 aliphatic carbocycles. The summed E-state index contributed by atoms with van der Waals surface area (Å²) in [5.74, 6) is 0.358. The minimum atomic E-state index is -0.189. The summed E-state index contributed by atoms with van der Waals surface area (Å²) >= 11 is 0. The molecule has 29 heavy (non-hydrogen) atoms. The van der Waals surface area contributed by atoms with Gasteiger partial charge >= 0.3 is 0 Å². The SMILES string of the molecule is CCCCOc1cccc(NC(=O)CNc2cccc(C(=O)NCCOC)c2)c1. The van der Waals surface area contributed by atoms with Crippen LogP contribution in [0.2, 0.25) is 0 Å². The Balaban J connectivity index is 1.84. The fourth-order valence-corrected chi connectivity index (χ4v) is 2.52. The van der Waals surface area contributed by atoms with Crippen molar-refractivity contribution in [2.24, 2.45) is 0 Å². The first kappa shape index (κ1) is 22.2. The number of benzene rings is 2. The van der Waals surface area contributed by atoms with Crippen molar-refractivity contribution in [3.8, 4) is 5.75 Å². The van der Waals surface area contributed by atoms with Gasteiger partial charge in [0.05, 0.1) is 19.8 Å². The summed E-state index contributed by atoms with van der Waals surface area (Å²) in [4.78, 5) is 24.3. The second-order valence-electron chi connectivity index (χ2n) is 6.46. The molecule has 0 fully saturated rings. The molecule has 0 aromatic heterocycles. The summed E-state index contributed by atoms with van der Waals surface area (Å²) in [5, 5.41) is 8.64. The number of nitrogens with one attached hydrogen (secondary N) is 3. The van der Waals surface area contributed by atoms with Gasteiger partial charge in [0.2, 0.25) is 5.91 Å². The molecule has 3 N–H and O–H groups in total. The van der Waals surface area contributed by atoms with E-state index in [0.29, 0.717) is 36.7 Å². The minimum Gasteiger partial charge on any atom is -0.494 e. The average molecular weight is 399 g/mol. The normalized spacial score (nSPS) is 10.3. The quantitative estimate of drug-likeness (QED) is 0.477. The highest BCUT2D eigenvalue weighted by Gasteiger charge is 2.07. The van der Waals surface area contributed by atoms with E-state index in [1.807, 2.05) is 18.2 Å². The van der Waals surface area contributed by atoms with E-state index in [9.17, 15) is 9.59 Å². The molecule has 2 aromatic rings. The first-order chi connectivity index (χ1) is 14.1. The lowest BCUT2D eigenvalue weighted by Crippen LogP contribution is -2.27. The van der Waals surface area contributed by atoms with E-state index in [1.165, 1.54) is 0 Å².